The Morgan fingerprint density at radius 1 is 1.19 bits per heavy atom. The summed E-state index contributed by atoms with van der Waals surface area (Å²) in [5.41, 5.74) is 0.761. The fraction of sp³-hybridized carbons (Fsp3) is 0.667. The molecule has 1 aliphatic heterocycles. The Morgan fingerprint density at radius 2 is 1.86 bits per heavy atom. The van der Waals surface area contributed by atoms with Crippen LogP contribution in [0, 0.1) is 5.82 Å². The molecule has 2 rings (SSSR count). The van der Waals surface area contributed by atoms with Gasteiger partial charge in [0.1, 0.15) is 5.82 Å². The summed E-state index contributed by atoms with van der Waals surface area (Å²) in [6.45, 7) is 8.52. The number of benzene rings is 1. The molecule has 0 bridgehead atoms. The van der Waals surface area contributed by atoms with Gasteiger partial charge in [-0.3, -0.25) is 0 Å². The van der Waals surface area contributed by atoms with Gasteiger partial charge in [-0.1, -0.05) is 57.3 Å². The summed E-state index contributed by atoms with van der Waals surface area (Å²) < 4.78 is 14.0. The van der Waals surface area contributed by atoms with E-state index in [0.717, 1.165) is 37.9 Å². The molecule has 1 saturated heterocycles. The number of nitrogens with zero attached hydrogens (tertiary/aromatic N) is 1. The Kier molecular flexibility index (Phi) is 8.94. The lowest BCUT2D eigenvalue weighted by atomic mass is 9.98. The Labute approximate surface area is 134 Å². The zero-order chi connectivity index (χ0) is 15.7. The average molecular weight is 314 g/mol. The van der Waals surface area contributed by atoms with Crippen molar-refractivity contribution in [3.63, 3.8) is 0 Å². The summed E-state index contributed by atoms with van der Waals surface area (Å²) in [5.74, 6) is -0.234. The van der Waals surface area contributed by atoms with Gasteiger partial charge < -0.3 is 4.90 Å². The number of halogens is 2. The SMILES string of the molecule is CC.CCCC(Cc1cccc(Cl)c1F)N1CCCCC1. The van der Waals surface area contributed by atoms with E-state index in [2.05, 4.69) is 11.8 Å². The highest BCUT2D eigenvalue weighted by Gasteiger charge is 2.21. The van der Waals surface area contributed by atoms with Crippen LogP contribution in [0.15, 0.2) is 18.2 Å². The first kappa shape index (κ1) is 18.4. The van der Waals surface area contributed by atoms with Crippen LogP contribution in [0.25, 0.3) is 0 Å². The third-order valence-electron chi connectivity index (χ3n) is 4.02. The van der Waals surface area contributed by atoms with Crippen molar-refractivity contribution < 1.29 is 4.39 Å². The van der Waals surface area contributed by atoms with Gasteiger partial charge in [0, 0.05) is 6.04 Å². The van der Waals surface area contributed by atoms with E-state index in [-0.39, 0.29) is 10.8 Å². The van der Waals surface area contributed by atoms with Gasteiger partial charge in [-0.2, -0.15) is 0 Å². The molecule has 0 aromatic heterocycles. The minimum atomic E-state index is -0.234. The first-order valence-electron chi connectivity index (χ1n) is 8.39. The first-order chi connectivity index (χ1) is 10.2. The maximum atomic E-state index is 14.0. The molecular weight excluding hydrogens is 285 g/mol. The van der Waals surface area contributed by atoms with Crippen LogP contribution in [0.5, 0.6) is 0 Å². The van der Waals surface area contributed by atoms with Crippen LogP contribution in [0.4, 0.5) is 4.39 Å². The smallest absolute Gasteiger partial charge is 0.145 e. The van der Waals surface area contributed by atoms with Gasteiger partial charge in [-0.05, 0) is 50.4 Å². The Hall–Kier alpha value is -0.600. The Morgan fingerprint density at radius 3 is 2.48 bits per heavy atom. The summed E-state index contributed by atoms with van der Waals surface area (Å²) in [5, 5.41) is 0.242. The van der Waals surface area contributed by atoms with Crippen molar-refractivity contribution in [2.75, 3.05) is 13.1 Å². The fourth-order valence-corrected chi connectivity index (χ4v) is 3.18. The van der Waals surface area contributed by atoms with Crippen LogP contribution in [0.2, 0.25) is 5.02 Å². The van der Waals surface area contributed by atoms with E-state index >= 15 is 0 Å². The number of hydrogen-bond donors (Lipinski definition) is 0. The molecule has 1 aromatic rings. The van der Waals surface area contributed by atoms with Crippen molar-refractivity contribution in [1.82, 2.24) is 4.90 Å². The van der Waals surface area contributed by atoms with E-state index in [1.807, 2.05) is 26.0 Å². The first-order valence-corrected chi connectivity index (χ1v) is 8.77. The molecule has 21 heavy (non-hydrogen) atoms. The molecule has 1 nitrogen and oxygen atoms in total. The molecule has 0 N–H and O–H groups in total. The van der Waals surface area contributed by atoms with E-state index < -0.39 is 0 Å². The molecule has 1 fully saturated rings. The molecule has 1 aliphatic rings. The Balaban J connectivity index is 0.00000106. The van der Waals surface area contributed by atoms with Crippen molar-refractivity contribution in [2.45, 2.75) is 65.3 Å². The number of likely N-dealkylation sites (tertiary alicyclic amines) is 1. The second-order valence-corrected chi connectivity index (χ2v) is 5.86. The lowest BCUT2D eigenvalue weighted by Crippen LogP contribution is -2.40. The molecule has 120 valence electrons. The molecule has 1 heterocycles. The minimum absolute atomic E-state index is 0.234. The Bertz CT molecular complexity index is 402. The lowest BCUT2D eigenvalue weighted by molar-refractivity contribution is 0.152. The van der Waals surface area contributed by atoms with Gasteiger partial charge in [0.15, 0.2) is 0 Å². The van der Waals surface area contributed by atoms with Gasteiger partial charge >= 0.3 is 0 Å². The van der Waals surface area contributed by atoms with Crippen molar-refractivity contribution in [2.24, 2.45) is 0 Å². The van der Waals surface area contributed by atoms with Gasteiger partial charge in [-0.25, -0.2) is 4.39 Å². The largest absolute Gasteiger partial charge is 0.300 e. The van der Waals surface area contributed by atoms with E-state index in [1.165, 1.54) is 19.3 Å². The van der Waals surface area contributed by atoms with Gasteiger partial charge in [-0.15, -0.1) is 0 Å². The molecule has 0 spiro atoms. The fourth-order valence-electron chi connectivity index (χ4n) is 2.99. The van der Waals surface area contributed by atoms with Crippen molar-refractivity contribution >= 4 is 11.6 Å². The van der Waals surface area contributed by atoms with Gasteiger partial charge in [0.25, 0.3) is 0 Å². The molecule has 0 aliphatic carbocycles. The predicted octanol–water partition coefficient (Wildman–Crippen LogP) is 5.70. The van der Waals surface area contributed by atoms with E-state index in [9.17, 15) is 4.39 Å². The van der Waals surface area contributed by atoms with Crippen LogP contribution in [0.3, 0.4) is 0 Å². The molecule has 0 radical (unpaired) electrons. The average Bonchev–Trinajstić information content (AvgIpc) is 2.54. The summed E-state index contributed by atoms with van der Waals surface area (Å²) >= 11 is 5.87. The summed E-state index contributed by atoms with van der Waals surface area (Å²) in [6, 6.07) is 5.79. The highest BCUT2D eigenvalue weighted by Crippen LogP contribution is 2.23. The maximum Gasteiger partial charge on any atom is 0.145 e. The number of hydrogen-bond acceptors (Lipinski definition) is 1. The summed E-state index contributed by atoms with van der Waals surface area (Å²) in [6.07, 6.45) is 6.94. The molecule has 1 unspecified atom stereocenters. The topological polar surface area (TPSA) is 3.24 Å². The van der Waals surface area contributed by atoms with Gasteiger partial charge in [0.2, 0.25) is 0 Å². The highest BCUT2D eigenvalue weighted by atomic mass is 35.5. The van der Waals surface area contributed by atoms with Crippen LogP contribution >= 0.6 is 11.6 Å². The standard InChI is InChI=1S/C16H23ClFN.C2H6/c1-2-7-14(19-10-4-3-5-11-19)12-13-8-6-9-15(17)16(13)18;1-2/h6,8-9,14H,2-5,7,10-12H2,1H3;1-2H3. The zero-order valence-corrected chi connectivity index (χ0v) is 14.4. The lowest BCUT2D eigenvalue weighted by Gasteiger charge is -2.34. The maximum absolute atomic E-state index is 14.0. The second kappa shape index (κ2) is 10.2. The summed E-state index contributed by atoms with van der Waals surface area (Å²) in [7, 11) is 0. The van der Waals surface area contributed by atoms with Crippen LogP contribution < -0.4 is 0 Å². The number of piperidine rings is 1. The van der Waals surface area contributed by atoms with E-state index in [4.69, 9.17) is 11.6 Å². The van der Waals surface area contributed by atoms with Crippen molar-refractivity contribution in [3.8, 4) is 0 Å². The zero-order valence-electron chi connectivity index (χ0n) is 13.7. The monoisotopic (exact) mass is 313 g/mol. The molecule has 1 atom stereocenters. The van der Waals surface area contributed by atoms with E-state index in [0.29, 0.717) is 6.04 Å². The molecule has 1 aromatic carbocycles. The summed E-state index contributed by atoms with van der Waals surface area (Å²) in [4.78, 5) is 2.54. The predicted molar refractivity (Wildman–Crippen MR) is 90.6 cm³/mol. The van der Waals surface area contributed by atoms with Crippen molar-refractivity contribution in [1.29, 1.82) is 0 Å². The van der Waals surface area contributed by atoms with Crippen LogP contribution in [0.1, 0.15) is 58.4 Å². The minimum Gasteiger partial charge on any atom is -0.300 e. The van der Waals surface area contributed by atoms with Crippen LogP contribution in [-0.4, -0.2) is 24.0 Å². The van der Waals surface area contributed by atoms with Crippen molar-refractivity contribution in [3.05, 3.63) is 34.6 Å². The van der Waals surface area contributed by atoms with Crippen LogP contribution in [-0.2, 0) is 6.42 Å². The molecule has 0 saturated carbocycles. The molecule has 0 amide bonds. The van der Waals surface area contributed by atoms with Gasteiger partial charge in [0.05, 0.1) is 5.02 Å². The second-order valence-electron chi connectivity index (χ2n) is 5.46. The molecular formula is C18H29ClFN. The quantitative estimate of drug-likeness (QED) is 0.673. The molecule has 3 heteroatoms. The third kappa shape index (κ3) is 5.60. The normalized spacial score (nSPS) is 17.0. The number of rotatable bonds is 5. The third-order valence-corrected chi connectivity index (χ3v) is 4.31. The van der Waals surface area contributed by atoms with E-state index in [1.54, 1.807) is 6.07 Å². The highest BCUT2D eigenvalue weighted by molar-refractivity contribution is 6.30.